The third-order valence-corrected chi connectivity index (χ3v) is 5.76. The Balaban J connectivity index is 1.76. The number of amides is 2. The van der Waals surface area contributed by atoms with Gasteiger partial charge in [-0.15, -0.1) is 0 Å². The van der Waals surface area contributed by atoms with Crippen LogP contribution >= 0.6 is 0 Å². The van der Waals surface area contributed by atoms with E-state index in [2.05, 4.69) is 38.0 Å². The van der Waals surface area contributed by atoms with Crippen LogP contribution in [0.2, 0.25) is 0 Å². The summed E-state index contributed by atoms with van der Waals surface area (Å²) in [6.45, 7) is 9.05. The van der Waals surface area contributed by atoms with Crippen LogP contribution in [0.5, 0.6) is 0 Å². The second-order valence-electron chi connectivity index (χ2n) is 9.54. The Morgan fingerprint density at radius 3 is 2.64 bits per heavy atom. The number of nitrogens with zero attached hydrogens (tertiary/aromatic N) is 2. The molecular weight excluding hydrogens is 354 g/mol. The molecule has 1 unspecified atom stereocenters. The second-order valence-corrected chi connectivity index (χ2v) is 9.54. The Kier molecular flexibility index (Phi) is 6.08. The molecule has 0 bridgehead atoms. The lowest BCUT2D eigenvalue weighted by Crippen LogP contribution is -2.57. The number of hydrogen-bond acceptors (Lipinski definition) is 4. The van der Waals surface area contributed by atoms with Crippen molar-refractivity contribution < 1.29 is 14.3 Å². The van der Waals surface area contributed by atoms with Crippen LogP contribution in [0.25, 0.3) is 0 Å². The maximum Gasteiger partial charge on any atom is 0.245 e. The minimum atomic E-state index is -0.620. The number of hydrogen-bond donors (Lipinski definition) is 1. The van der Waals surface area contributed by atoms with Crippen molar-refractivity contribution in [1.82, 2.24) is 15.2 Å². The van der Waals surface area contributed by atoms with Gasteiger partial charge in [-0.2, -0.15) is 0 Å². The van der Waals surface area contributed by atoms with Crippen LogP contribution in [-0.2, 0) is 20.9 Å². The molecule has 1 spiro atoms. The van der Waals surface area contributed by atoms with Crippen LogP contribution in [0, 0.1) is 11.3 Å². The summed E-state index contributed by atoms with van der Waals surface area (Å²) in [5.41, 5.74) is 0.175. The lowest BCUT2D eigenvalue weighted by atomic mass is 9.82. The first-order chi connectivity index (χ1) is 13.2. The first-order valence-electron chi connectivity index (χ1n) is 10.3. The third-order valence-electron chi connectivity index (χ3n) is 5.76. The minimum Gasteiger partial charge on any atom is -0.353 e. The molecule has 1 atom stereocenters. The smallest absolute Gasteiger partial charge is 0.245 e. The Morgan fingerprint density at radius 2 is 2.04 bits per heavy atom. The highest BCUT2D eigenvalue weighted by atomic mass is 16.5. The van der Waals surface area contributed by atoms with Gasteiger partial charge in [0.2, 0.25) is 11.8 Å². The summed E-state index contributed by atoms with van der Waals surface area (Å²) >= 11 is 0. The Morgan fingerprint density at radius 1 is 1.32 bits per heavy atom. The van der Waals surface area contributed by atoms with E-state index in [9.17, 15) is 9.59 Å². The van der Waals surface area contributed by atoms with E-state index in [0.717, 1.165) is 31.2 Å². The molecule has 154 valence electrons. The third kappa shape index (κ3) is 4.72. The quantitative estimate of drug-likeness (QED) is 0.861. The van der Waals surface area contributed by atoms with Crippen molar-refractivity contribution in [3.8, 4) is 0 Å². The van der Waals surface area contributed by atoms with Crippen LogP contribution in [0.15, 0.2) is 24.5 Å². The molecule has 1 saturated carbocycles. The number of nitrogens with one attached hydrogen (secondary N) is 1. The van der Waals surface area contributed by atoms with E-state index in [-0.39, 0.29) is 23.8 Å². The molecule has 6 heteroatoms. The number of carbonyl (C=O) groups is 2. The van der Waals surface area contributed by atoms with Crippen LogP contribution in [0.1, 0.15) is 65.4 Å². The average molecular weight is 388 g/mol. The predicted octanol–water partition coefficient (Wildman–Crippen LogP) is 3.27. The van der Waals surface area contributed by atoms with Gasteiger partial charge in [0.1, 0.15) is 11.8 Å². The van der Waals surface area contributed by atoms with E-state index in [1.54, 1.807) is 17.3 Å². The van der Waals surface area contributed by atoms with E-state index >= 15 is 0 Å². The van der Waals surface area contributed by atoms with Gasteiger partial charge in [-0.1, -0.05) is 33.8 Å². The first kappa shape index (κ1) is 20.8. The summed E-state index contributed by atoms with van der Waals surface area (Å²) in [5.74, 6) is 0.495. The monoisotopic (exact) mass is 387 g/mol. The topological polar surface area (TPSA) is 71.5 Å². The molecule has 2 fully saturated rings. The number of carbonyl (C=O) groups excluding carboxylic acids is 2. The summed E-state index contributed by atoms with van der Waals surface area (Å²) in [4.78, 5) is 32.1. The molecule has 1 saturated heterocycles. The molecule has 28 heavy (non-hydrogen) atoms. The zero-order valence-electron chi connectivity index (χ0n) is 17.5. The van der Waals surface area contributed by atoms with Crippen molar-refractivity contribution in [2.45, 2.75) is 78.1 Å². The van der Waals surface area contributed by atoms with Crippen molar-refractivity contribution in [3.05, 3.63) is 30.1 Å². The van der Waals surface area contributed by atoms with E-state index in [1.165, 1.54) is 0 Å². The predicted molar refractivity (Wildman–Crippen MR) is 107 cm³/mol. The van der Waals surface area contributed by atoms with E-state index in [1.807, 2.05) is 12.1 Å². The van der Waals surface area contributed by atoms with Gasteiger partial charge < -0.3 is 10.1 Å². The molecular formula is C22H33N3O3. The zero-order valence-corrected chi connectivity index (χ0v) is 17.5. The molecule has 1 aliphatic heterocycles. The molecule has 1 N–H and O–H groups in total. The second kappa shape index (κ2) is 8.19. The molecule has 6 nitrogen and oxygen atoms in total. The average Bonchev–Trinajstić information content (AvgIpc) is 3.01. The SMILES string of the molecule is CC1CCC2(CC1)OCC(C(=O)NCc1cccnc1)N2C(=O)CC(C)(C)C. The maximum atomic E-state index is 13.3. The highest BCUT2D eigenvalue weighted by Gasteiger charge is 2.53. The van der Waals surface area contributed by atoms with Crippen molar-refractivity contribution in [3.63, 3.8) is 0 Å². The molecule has 0 aromatic carbocycles. The number of rotatable bonds is 4. The van der Waals surface area contributed by atoms with Gasteiger partial charge >= 0.3 is 0 Å². The molecule has 1 aromatic heterocycles. The van der Waals surface area contributed by atoms with Crippen LogP contribution in [-0.4, -0.2) is 40.1 Å². The minimum absolute atomic E-state index is 0.0149. The lowest BCUT2D eigenvalue weighted by Gasteiger charge is -2.43. The van der Waals surface area contributed by atoms with E-state index in [0.29, 0.717) is 18.9 Å². The highest BCUT2D eigenvalue weighted by Crippen LogP contribution is 2.43. The number of ether oxygens (including phenoxy) is 1. The largest absolute Gasteiger partial charge is 0.353 e. The Hall–Kier alpha value is -1.95. The molecule has 1 aromatic rings. The van der Waals surface area contributed by atoms with Gasteiger partial charge in [-0.3, -0.25) is 19.5 Å². The van der Waals surface area contributed by atoms with E-state index in [4.69, 9.17) is 4.74 Å². The fourth-order valence-electron chi connectivity index (χ4n) is 4.20. The van der Waals surface area contributed by atoms with Gasteiger partial charge in [0.15, 0.2) is 0 Å². The summed E-state index contributed by atoms with van der Waals surface area (Å²) < 4.78 is 6.20. The molecule has 2 heterocycles. The molecule has 2 amide bonds. The van der Waals surface area contributed by atoms with Crippen LogP contribution in [0.4, 0.5) is 0 Å². The first-order valence-corrected chi connectivity index (χ1v) is 10.3. The van der Waals surface area contributed by atoms with Crippen molar-refractivity contribution in [2.75, 3.05) is 6.61 Å². The Labute approximate surface area is 168 Å². The zero-order chi connectivity index (χ0) is 20.4. The van der Waals surface area contributed by atoms with Crippen molar-refractivity contribution >= 4 is 11.8 Å². The fourth-order valence-corrected chi connectivity index (χ4v) is 4.20. The summed E-state index contributed by atoms with van der Waals surface area (Å²) in [7, 11) is 0. The summed E-state index contributed by atoms with van der Waals surface area (Å²) in [6, 6.07) is 3.20. The summed E-state index contributed by atoms with van der Waals surface area (Å²) in [5, 5.41) is 2.97. The van der Waals surface area contributed by atoms with Crippen molar-refractivity contribution in [1.29, 1.82) is 0 Å². The van der Waals surface area contributed by atoms with Gasteiger partial charge in [0.05, 0.1) is 6.61 Å². The standard InChI is InChI=1S/C22H33N3O3/c1-16-7-9-22(10-8-16)25(19(26)12-21(2,3)4)18(15-28-22)20(27)24-14-17-6-5-11-23-13-17/h5-6,11,13,16,18H,7-10,12,14-15H2,1-4H3,(H,24,27). The van der Waals surface area contributed by atoms with Gasteiger partial charge in [-0.25, -0.2) is 0 Å². The molecule has 2 aliphatic rings. The molecule has 1 aliphatic carbocycles. The molecule has 3 rings (SSSR count). The highest BCUT2D eigenvalue weighted by molar-refractivity contribution is 5.89. The van der Waals surface area contributed by atoms with E-state index < -0.39 is 11.8 Å². The summed E-state index contributed by atoms with van der Waals surface area (Å²) in [6.07, 6.45) is 7.48. The Bertz CT molecular complexity index is 691. The number of aromatic nitrogens is 1. The van der Waals surface area contributed by atoms with Crippen LogP contribution in [0.3, 0.4) is 0 Å². The normalized spacial score (nSPS) is 27.8. The lowest BCUT2D eigenvalue weighted by molar-refractivity contribution is -0.163. The maximum absolute atomic E-state index is 13.3. The van der Waals surface area contributed by atoms with Gasteiger partial charge in [-0.05, 0) is 48.6 Å². The fraction of sp³-hybridized carbons (Fsp3) is 0.682. The number of pyridine rings is 1. The van der Waals surface area contributed by atoms with Crippen molar-refractivity contribution in [2.24, 2.45) is 11.3 Å². The van der Waals surface area contributed by atoms with Crippen LogP contribution < -0.4 is 5.32 Å². The van der Waals surface area contributed by atoms with Gasteiger partial charge in [0, 0.05) is 25.4 Å². The van der Waals surface area contributed by atoms with Gasteiger partial charge in [0.25, 0.3) is 0 Å². The molecule has 0 radical (unpaired) electrons.